The molecule has 9 nitrogen and oxygen atoms in total. The molecule has 3 aromatic rings. The van der Waals surface area contributed by atoms with Gasteiger partial charge in [0, 0.05) is 18.2 Å². The van der Waals surface area contributed by atoms with Crippen molar-refractivity contribution in [3.05, 3.63) is 74.8 Å². The normalized spacial score (nSPS) is 20.4. The number of aliphatic hydroxyl groups excluding tert-OH is 1. The Morgan fingerprint density at radius 3 is 2.79 bits per heavy atom. The van der Waals surface area contributed by atoms with E-state index in [0.717, 1.165) is 11.1 Å². The minimum absolute atomic E-state index is 0.217. The number of nitrogens with two attached hydrogens (primary N) is 1. The molecule has 34 heavy (non-hydrogen) atoms. The van der Waals surface area contributed by atoms with Gasteiger partial charge in [0.15, 0.2) is 0 Å². The van der Waals surface area contributed by atoms with Crippen LogP contribution in [0.25, 0.3) is 0 Å². The number of anilines is 1. The summed E-state index contributed by atoms with van der Waals surface area (Å²) in [6, 6.07) is 11.4. The second kappa shape index (κ2) is 10.5. The molecule has 0 bridgehead atoms. The molecule has 1 aliphatic rings. The Morgan fingerprint density at radius 1 is 1.29 bits per heavy atom. The maximum absolute atomic E-state index is 13.3. The van der Waals surface area contributed by atoms with Crippen molar-refractivity contribution in [1.82, 2.24) is 9.97 Å². The fourth-order valence-electron chi connectivity index (χ4n) is 3.97. The number of aliphatic hydroxyl groups is 1. The zero-order valence-corrected chi connectivity index (χ0v) is 20.3. The van der Waals surface area contributed by atoms with E-state index in [9.17, 15) is 18.3 Å². The quantitative estimate of drug-likeness (QED) is 0.364. The molecule has 0 saturated heterocycles. The van der Waals surface area contributed by atoms with Crippen LogP contribution in [-0.2, 0) is 20.9 Å². The van der Waals surface area contributed by atoms with E-state index in [1.54, 1.807) is 6.07 Å². The SMILES string of the molecule is NS(=O)(=O)OC[C@H]1C[C@@H](Nc2ncncc2C(=O)c2cc(Cc3ccccc3)c(Cl)s2)C[C@H]1O. The van der Waals surface area contributed by atoms with E-state index in [2.05, 4.69) is 19.5 Å². The first kappa shape index (κ1) is 24.7. The molecule has 0 aliphatic heterocycles. The first-order valence-electron chi connectivity index (χ1n) is 10.5. The van der Waals surface area contributed by atoms with Crippen molar-refractivity contribution in [1.29, 1.82) is 0 Å². The Bertz CT molecular complexity index is 1270. The summed E-state index contributed by atoms with van der Waals surface area (Å²) in [7, 11) is -4.09. The second-order valence-electron chi connectivity index (χ2n) is 8.10. The summed E-state index contributed by atoms with van der Waals surface area (Å²) in [5, 5.41) is 18.3. The van der Waals surface area contributed by atoms with Crippen LogP contribution in [-0.4, -0.2) is 48.0 Å². The lowest BCUT2D eigenvalue weighted by Crippen LogP contribution is -2.24. The van der Waals surface area contributed by atoms with Crippen LogP contribution >= 0.6 is 22.9 Å². The number of aromatic nitrogens is 2. The van der Waals surface area contributed by atoms with E-state index in [1.165, 1.54) is 23.9 Å². The number of carbonyl (C=O) groups is 1. The standard InChI is InChI=1S/C22H23ClN4O5S2/c23-21-14(6-13-4-2-1-3-5-13)8-19(33-21)20(29)17-10-25-12-26-22(17)27-16-7-15(18(28)9-16)11-32-34(24,30)31/h1-5,8,10,12,15-16,18,28H,6-7,9,11H2,(H2,24,30,31)(H,25,26,27)/t15-,16-,18-/m1/s1. The van der Waals surface area contributed by atoms with E-state index in [0.29, 0.717) is 34.3 Å². The van der Waals surface area contributed by atoms with Crippen molar-refractivity contribution in [2.45, 2.75) is 31.4 Å². The third-order valence-corrected chi connectivity index (χ3v) is 7.52. The topological polar surface area (TPSA) is 144 Å². The average Bonchev–Trinajstić information content (AvgIpc) is 3.34. The molecule has 2 aromatic heterocycles. The third-order valence-electron chi connectivity index (χ3n) is 5.62. The van der Waals surface area contributed by atoms with Gasteiger partial charge in [-0.2, -0.15) is 8.42 Å². The van der Waals surface area contributed by atoms with Gasteiger partial charge in [-0.25, -0.2) is 15.1 Å². The Labute approximate surface area is 206 Å². The van der Waals surface area contributed by atoms with E-state index in [-0.39, 0.29) is 24.0 Å². The van der Waals surface area contributed by atoms with E-state index < -0.39 is 22.3 Å². The number of thiophene rings is 1. The molecule has 4 rings (SSSR count). The summed E-state index contributed by atoms with van der Waals surface area (Å²) in [5.41, 5.74) is 2.24. The summed E-state index contributed by atoms with van der Waals surface area (Å²) in [5.74, 6) is -0.352. The van der Waals surface area contributed by atoms with Gasteiger partial charge in [-0.15, -0.1) is 11.3 Å². The first-order valence-corrected chi connectivity index (χ1v) is 13.1. The number of nitrogens with zero attached hydrogens (tertiary/aromatic N) is 2. The van der Waals surface area contributed by atoms with Crippen LogP contribution in [0.3, 0.4) is 0 Å². The van der Waals surface area contributed by atoms with Crippen molar-refractivity contribution >= 4 is 44.8 Å². The minimum atomic E-state index is -4.09. The number of nitrogens with one attached hydrogen (secondary N) is 1. The zero-order chi connectivity index (χ0) is 24.3. The molecule has 3 atom stereocenters. The smallest absolute Gasteiger partial charge is 0.333 e. The van der Waals surface area contributed by atoms with Gasteiger partial charge in [0.05, 0.1) is 27.5 Å². The van der Waals surface area contributed by atoms with Crippen molar-refractivity contribution in [2.24, 2.45) is 11.1 Å². The van der Waals surface area contributed by atoms with Crippen LogP contribution in [0.5, 0.6) is 0 Å². The fourth-order valence-corrected chi connectivity index (χ4v) is 5.57. The summed E-state index contributed by atoms with van der Waals surface area (Å²) in [4.78, 5) is 22.0. The van der Waals surface area contributed by atoms with Crippen LogP contribution in [0.4, 0.5) is 5.82 Å². The molecule has 180 valence electrons. The number of carbonyl (C=O) groups excluding carboxylic acids is 1. The Hall–Kier alpha value is -2.41. The maximum atomic E-state index is 13.3. The Morgan fingerprint density at radius 2 is 2.06 bits per heavy atom. The maximum Gasteiger partial charge on any atom is 0.333 e. The van der Waals surface area contributed by atoms with Gasteiger partial charge in [0.25, 0.3) is 0 Å². The highest BCUT2D eigenvalue weighted by molar-refractivity contribution is 7.84. The number of rotatable bonds is 9. The molecule has 1 aromatic carbocycles. The molecule has 1 aliphatic carbocycles. The highest BCUT2D eigenvalue weighted by atomic mass is 35.5. The number of ketones is 1. The first-order chi connectivity index (χ1) is 16.2. The minimum Gasteiger partial charge on any atom is -0.393 e. The molecular formula is C22H23ClN4O5S2. The van der Waals surface area contributed by atoms with Gasteiger partial charge in [-0.1, -0.05) is 41.9 Å². The number of halogens is 1. The lowest BCUT2D eigenvalue weighted by molar-refractivity contribution is 0.101. The van der Waals surface area contributed by atoms with Crippen LogP contribution < -0.4 is 10.5 Å². The molecule has 0 spiro atoms. The van der Waals surface area contributed by atoms with E-state index >= 15 is 0 Å². The van der Waals surface area contributed by atoms with E-state index in [4.69, 9.17) is 16.7 Å². The summed E-state index contributed by atoms with van der Waals surface area (Å²) in [6.45, 7) is -0.217. The number of hydrogen-bond donors (Lipinski definition) is 3. The van der Waals surface area contributed by atoms with Gasteiger partial charge in [0.1, 0.15) is 12.1 Å². The predicted octanol–water partition coefficient (Wildman–Crippen LogP) is 2.78. The predicted molar refractivity (Wildman–Crippen MR) is 129 cm³/mol. The molecule has 4 N–H and O–H groups in total. The second-order valence-corrected chi connectivity index (χ2v) is 11.0. The zero-order valence-electron chi connectivity index (χ0n) is 17.9. The largest absolute Gasteiger partial charge is 0.393 e. The Balaban J connectivity index is 1.47. The summed E-state index contributed by atoms with van der Waals surface area (Å²) < 4.78 is 27.3. The van der Waals surface area contributed by atoms with Crippen molar-refractivity contribution < 1.29 is 22.5 Å². The lowest BCUT2D eigenvalue weighted by Gasteiger charge is -2.15. The van der Waals surface area contributed by atoms with Crippen molar-refractivity contribution in [3.8, 4) is 0 Å². The van der Waals surface area contributed by atoms with Gasteiger partial charge in [-0.3, -0.25) is 8.98 Å². The number of hydrogen-bond acceptors (Lipinski definition) is 9. The Kier molecular flexibility index (Phi) is 7.60. The van der Waals surface area contributed by atoms with Crippen LogP contribution in [0, 0.1) is 5.92 Å². The van der Waals surface area contributed by atoms with Crippen molar-refractivity contribution in [3.63, 3.8) is 0 Å². The van der Waals surface area contributed by atoms with Gasteiger partial charge < -0.3 is 10.4 Å². The van der Waals surface area contributed by atoms with Crippen molar-refractivity contribution in [2.75, 3.05) is 11.9 Å². The van der Waals surface area contributed by atoms with Gasteiger partial charge in [0.2, 0.25) is 5.78 Å². The molecule has 2 heterocycles. The van der Waals surface area contributed by atoms with Crippen LogP contribution in [0.2, 0.25) is 4.34 Å². The highest BCUT2D eigenvalue weighted by Crippen LogP contribution is 2.33. The molecule has 0 unspecified atom stereocenters. The molecule has 12 heteroatoms. The fraction of sp³-hybridized carbons (Fsp3) is 0.318. The van der Waals surface area contributed by atoms with Gasteiger partial charge >= 0.3 is 10.3 Å². The molecule has 1 fully saturated rings. The molecule has 0 radical (unpaired) electrons. The lowest BCUT2D eigenvalue weighted by atomic mass is 10.1. The van der Waals surface area contributed by atoms with Crippen LogP contribution in [0.1, 0.15) is 39.2 Å². The summed E-state index contributed by atoms with van der Waals surface area (Å²) in [6.07, 6.45) is 3.35. The average molecular weight is 523 g/mol. The molecule has 0 amide bonds. The van der Waals surface area contributed by atoms with E-state index in [1.807, 2.05) is 30.3 Å². The summed E-state index contributed by atoms with van der Waals surface area (Å²) >= 11 is 7.63. The number of benzene rings is 1. The van der Waals surface area contributed by atoms with Crippen LogP contribution in [0.15, 0.2) is 48.9 Å². The molecular weight excluding hydrogens is 500 g/mol. The van der Waals surface area contributed by atoms with Gasteiger partial charge in [-0.05, 0) is 36.5 Å². The monoisotopic (exact) mass is 522 g/mol. The third kappa shape index (κ3) is 6.17. The molecule has 1 saturated carbocycles. The highest BCUT2D eigenvalue weighted by Gasteiger charge is 2.35.